The number of piperidine rings is 1. The Bertz CT molecular complexity index is 1830. The minimum Gasteiger partial charge on any atom is -0.497 e. The maximum absolute atomic E-state index is 13.7. The van der Waals surface area contributed by atoms with Crippen LogP contribution in [0.1, 0.15) is 38.7 Å². The molecule has 1 aromatic heterocycles. The number of amides is 2. The summed E-state index contributed by atoms with van der Waals surface area (Å²) in [4.78, 5) is 42.0. The van der Waals surface area contributed by atoms with Crippen molar-refractivity contribution in [3.63, 3.8) is 0 Å². The normalized spacial score (nSPS) is 16.6. The predicted molar refractivity (Wildman–Crippen MR) is 175 cm³/mol. The van der Waals surface area contributed by atoms with Crippen molar-refractivity contribution in [2.75, 3.05) is 57.1 Å². The van der Waals surface area contributed by atoms with Crippen LogP contribution in [-0.2, 0) is 6.54 Å². The number of ether oxygens (including phenoxy) is 4. The molecule has 2 atom stereocenters. The van der Waals surface area contributed by atoms with E-state index in [1.54, 1.807) is 61.7 Å². The Morgan fingerprint density at radius 1 is 0.717 bits per heavy atom. The molecule has 2 bridgehead atoms. The van der Waals surface area contributed by atoms with Gasteiger partial charge in [-0.2, -0.15) is 0 Å². The molecule has 4 aromatic rings. The molecule has 0 spiro atoms. The van der Waals surface area contributed by atoms with Crippen LogP contribution in [0.3, 0.4) is 0 Å². The van der Waals surface area contributed by atoms with Crippen LogP contribution in [0.5, 0.6) is 23.0 Å². The highest BCUT2D eigenvalue weighted by atomic mass is 16.5. The van der Waals surface area contributed by atoms with Gasteiger partial charge in [0.1, 0.15) is 11.5 Å². The van der Waals surface area contributed by atoms with Crippen molar-refractivity contribution >= 4 is 28.9 Å². The van der Waals surface area contributed by atoms with Crippen LogP contribution in [0.15, 0.2) is 77.6 Å². The van der Waals surface area contributed by atoms with Crippen LogP contribution < -0.4 is 40.0 Å². The molecule has 0 radical (unpaired) electrons. The van der Waals surface area contributed by atoms with E-state index >= 15 is 0 Å². The SMILES string of the molecule is COc1cc(OC)cc(C(=O)Nc2cc(C(=O)Nc3ccc(OC)c(OC)c3)ccc2N2C[C@H]3C[C@@H](C2)c2cccc(=O)n2C3)c1. The Morgan fingerprint density at radius 3 is 2.17 bits per heavy atom. The summed E-state index contributed by atoms with van der Waals surface area (Å²) >= 11 is 0. The third-order valence-corrected chi connectivity index (χ3v) is 8.58. The topological polar surface area (TPSA) is 120 Å². The smallest absolute Gasteiger partial charge is 0.255 e. The number of carbonyl (C=O) groups excluding carboxylic acids is 2. The summed E-state index contributed by atoms with van der Waals surface area (Å²) in [6.45, 7) is 2.00. The lowest BCUT2D eigenvalue weighted by molar-refractivity contribution is 0.101. The van der Waals surface area contributed by atoms with Gasteiger partial charge in [-0.15, -0.1) is 0 Å². The van der Waals surface area contributed by atoms with Gasteiger partial charge in [0.2, 0.25) is 0 Å². The van der Waals surface area contributed by atoms with E-state index < -0.39 is 0 Å². The number of rotatable bonds is 9. The number of nitrogens with zero attached hydrogens (tertiary/aromatic N) is 2. The van der Waals surface area contributed by atoms with Crippen molar-refractivity contribution in [1.29, 1.82) is 0 Å². The Labute approximate surface area is 266 Å². The molecule has 1 fully saturated rings. The Kier molecular flexibility index (Phi) is 8.56. The number of anilines is 3. The molecule has 3 aromatic carbocycles. The molecule has 3 heterocycles. The number of methoxy groups -OCH3 is 4. The molecular formula is C35H36N4O7. The van der Waals surface area contributed by atoms with Gasteiger partial charge in [-0.05, 0) is 60.9 Å². The van der Waals surface area contributed by atoms with Crippen LogP contribution in [0, 0.1) is 5.92 Å². The van der Waals surface area contributed by atoms with Crippen molar-refractivity contribution in [2.45, 2.75) is 18.9 Å². The van der Waals surface area contributed by atoms with Crippen LogP contribution in [0.4, 0.5) is 17.1 Å². The lowest BCUT2D eigenvalue weighted by Gasteiger charge is -2.44. The number of carbonyl (C=O) groups is 2. The van der Waals surface area contributed by atoms with E-state index in [2.05, 4.69) is 15.5 Å². The van der Waals surface area contributed by atoms with Crippen molar-refractivity contribution in [3.8, 4) is 23.0 Å². The number of aromatic nitrogens is 1. The van der Waals surface area contributed by atoms with Crippen LogP contribution in [0.25, 0.3) is 0 Å². The lowest BCUT2D eigenvalue weighted by atomic mass is 9.83. The molecule has 2 amide bonds. The van der Waals surface area contributed by atoms with Gasteiger partial charge < -0.3 is 39.0 Å². The zero-order chi connectivity index (χ0) is 32.4. The van der Waals surface area contributed by atoms with Crippen molar-refractivity contribution in [2.24, 2.45) is 5.92 Å². The van der Waals surface area contributed by atoms with Crippen LogP contribution in [0.2, 0.25) is 0 Å². The van der Waals surface area contributed by atoms with Gasteiger partial charge in [-0.3, -0.25) is 14.4 Å². The first-order valence-corrected chi connectivity index (χ1v) is 15.0. The average Bonchev–Trinajstić information content (AvgIpc) is 3.08. The molecule has 0 aliphatic carbocycles. The number of nitrogens with one attached hydrogen (secondary N) is 2. The maximum Gasteiger partial charge on any atom is 0.255 e. The van der Waals surface area contributed by atoms with Crippen LogP contribution in [-0.4, -0.2) is 57.9 Å². The van der Waals surface area contributed by atoms with Gasteiger partial charge in [0.25, 0.3) is 17.4 Å². The summed E-state index contributed by atoms with van der Waals surface area (Å²) in [5.41, 5.74) is 3.53. The monoisotopic (exact) mass is 624 g/mol. The summed E-state index contributed by atoms with van der Waals surface area (Å²) in [6, 6.07) is 20.8. The van der Waals surface area contributed by atoms with Gasteiger partial charge in [-0.1, -0.05) is 6.07 Å². The minimum absolute atomic E-state index is 0.0205. The summed E-state index contributed by atoms with van der Waals surface area (Å²) in [5.74, 6) is 1.65. The zero-order valence-corrected chi connectivity index (χ0v) is 26.2. The fraction of sp³-hybridized carbons (Fsp3) is 0.286. The highest BCUT2D eigenvalue weighted by Gasteiger charge is 2.35. The summed E-state index contributed by atoms with van der Waals surface area (Å²) < 4.78 is 23.3. The van der Waals surface area contributed by atoms with Crippen molar-refractivity contribution in [3.05, 3.63) is 100.0 Å². The second-order valence-corrected chi connectivity index (χ2v) is 11.4. The Morgan fingerprint density at radius 2 is 1.46 bits per heavy atom. The zero-order valence-electron chi connectivity index (χ0n) is 26.2. The minimum atomic E-state index is -0.384. The highest BCUT2D eigenvalue weighted by Crippen LogP contribution is 2.40. The molecule has 0 saturated carbocycles. The van der Waals surface area contributed by atoms with Gasteiger partial charge >= 0.3 is 0 Å². The Balaban J connectivity index is 1.34. The number of benzene rings is 3. The predicted octanol–water partition coefficient (Wildman–Crippen LogP) is 5.01. The summed E-state index contributed by atoms with van der Waals surface area (Å²) in [5, 5.41) is 5.96. The van der Waals surface area contributed by atoms with Crippen molar-refractivity contribution in [1.82, 2.24) is 4.57 Å². The van der Waals surface area contributed by atoms with E-state index in [-0.39, 0.29) is 29.2 Å². The quantitative estimate of drug-likeness (QED) is 0.267. The molecule has 238 valence electrons. The summed E-state index contributed by atoms with van der Waals surface area (Å²) in [6.07, 6.45) is 0.983. The van der Waals surface area contributed by atoms with Crippen molar-refractivity contribution < 1.29 is 28.5 Å². The van der Waals surface area contributed by atoms with Gasteiger partial charge in [0, 0.05) is 66.3 Å². The fourth-order valence-electron chi connectivity index (χ4n) is 6.40. The fourth-order valence-corrected chi connectivity index (χ4v) is 6.40. The van der Waals surface area contributed by atoms with E-state index in [1.807, 2.05) is 22.8 Å². The largest absolute Gasteiger partial charge is 0.497 e. The second kappa shape index (κ2) is 12.9. The van der Waals surface area contributed by atoms with E-state index in [0.717, 1.165) is 17.8 Å². The van der Waals surface area contributed by atoms with Gasteiger partial charge in [-0.25, -0.2) is 0 Å². The standard InChI is InChI=1S/C35H36N4O7/c1-43-26-13-23(14-27(17-26)44-2)35(42)37-28-15-22(34(41)36-25-9-11-31(45-3)32(16-25)46-4)8-10-30(28)38-18-21-12-24(20-38)29-6-5-7-33(40)39(29)19-21/h5-11,13-17,21,24H,12,18-20H2,1-4H3,(H,36,41)(H,37,42)/t21-,24+/m1/s1. The maximum atomic E-state index is 13.7. The summed E-state index contributed by atoms with van der Waals surface area (Å²) in [7, 11) is 6.12. The average molecular weight is 625 g/mol. The van der Waals surface area contributed by atoms with E-state index in [4.69, 9.17) is 18.9 Å². The van der Waals surface area contributed by atoms with E-state index in [9.17, 15) is 14.4 Å². The third kappa shape index (κ3) is 6.08. The molecular weight excluding hydrogens is 588 g/mol. The number of hydrogen-bond acceptors (Lipinski definition) is 8. The molecule has 1 saturated heterocycles. The molecule has 6 rings (SSSR count). The number of fused-ring (bicyclic) bond motifs is 4. The molecule has 11 nitrogen and oxygen atoms in total. The van der Waals surface area contributed by atoms with E-state index in [0.29, 0.717) is 65.1 Å². The lowest BCUT2D eigenvalue weighted by Crippen LogP contribution is -2.47. The molecule has 2 aliphatic rings. The highest BCUT2D eigenvalue weighted by molar-refractivity contribution is 6.09. The second-order valence-electron chi connectivity index (χ2n) is 11.4. The van der Waals surface area contributed by atoms with Gasteiger partial charge in [0.05, 0.1) is 39.8 Å². The van der Waals surface area contributed by atoms with Gasteiger partial charge in [0.15, 0.2) is 11.5 Å². The first-order valence-electron chi connectivity index (χ1n) is 15.0. The first kappa shape index (κ1) is 30.6. The number of pyridine rings is 1. The first-order chi connectivity index (χ1) is 22.3. The molecule has 11 heteroatoms. The molecule has 0 unspecified atom stereocenters. The molecule has 46 heavy (non-hydrogen) atoms. The van der Waals surface area contributed by atoms with E-state index in [1.165, 1.54) is 21.3 Å². The third-order valence-electron chi connectivity index (χ3n) is 8.58. The molecule has 2 N–H and O–H groups in total. The van der Waals surface area contributed by atoms with Crippen LogP contribution >= 0.6 is 0 Å². The Hall–Kier alpha value is -5.45. The molecule has 2 aliphatic heterocycles. The number of hydrogen-bond donors (Lipinski definition) is 2.